The van der Waals surface area contributed by atoms with E-state index in [1.807, 2.05) is 42.5 Å². The Morgan fingerprint density at radius 3 is 2.42 bits per heavy atom. The zero-order chi connectivity index (χ0) is 17.9. The van der Waals surface area contributed by atoms with Crippen molar-refractivity contribution in [3.05, 3.63) is 70.7 Å². The number of benzene rings is 2. The molecule has 0 bridgehead atoms. The van der Waals surface area contributed by atoms with Crippen molar-refractivity contribution in [2.75, 3.05) is 5.32 Å². The van der Waals surface area contributed by atoms with Crippen LogP contribution in [0.1, 0.15) is 10.5 Å². The fourth-order valence-electron chi connectivity index (χ4n) is 2.24. The predicted octanol–water partition coefficient (Wildman–Crippen LogP) is 5.23. The number of halogens is 1. The molecule has 0 saturated carbocycles. The molecule has 0 atom stereocenters. The van der Waals surface area contributed by atoms with Gasteiger partial charge in [-0.3, -0.25) is 10.1 Å². The van der Waals surface area contributed by atoms with Crippen molar-refractivity contribution in [3.63, 3.8) is 0 Å². The van der Waals surface area contributed by atoms with Crippen molar-refractivity contribution < 1.29 is 4.79 Å². The average Bonchev–Trinajstić information content (AvgIpc) is 3.33. The molecule has 26 heavy (non-hydrogen) atoms. The minimum absolute atomic E-state index is 0.308. The van der Waals surface area contributed by atoms with Crippen LogP contribution >= 0.6 is 34.3 Å². The molecule has 1 N–H and O–H groups in total. The summed E-state index contributed by atoms with van der Waals surface area (Å²) in [6.07, 6.45) is 0. The van der Waals surface area contributed by atoms with Crippen LogP contribution in [0.15, 0.2) is 60.0 Å². The third kappa shape index (κ3) is 3.65. The summed E-state index contributed by atoms with van der Waals surface area (Å²) in [5, 5.41) is 15.2. The van der Waals surface area contributed by atoms with Crippen LogP contribution in [-0.4, -0.2) is 21.1 Å². The molecule has 0 fully saturated rings. The molecule has 0 spiro atoms. The molecule has 8 heteroatoms. The van der Waals surface area contributed by atoms with Gasteiger partial charge in [0, 0.05) is 21.5 Å². The predicted molar refractivity (Wildman–Crippen MR) is 106 cm³/mol. The van der Waals surface area contributed by atoms with Crippen LogP contribution in [-0.2, 0) is 0 Å². The van der Waals surface area contributed by atoms with E-state index in [1.54, 1.807) is 17.5 Å². The largest absolute Gasteiger partial charge is 0.295 e. The standard InChI is InChI=1S/C18H11ClN4OS2/c19-13-8-6-12(7-9-13)16-20-14(10-25-16)15(24)21-18-23-22-17(26-18)11-4-2-1-3-5-11/h1-10H,(H,21,23,24). The van der Waals surface area contributed by atoms with E-state index >= 15 is 0 Å². The quantitative estimate of drug-likeness (QED) is 0.510. The highest BCUT2D eigenvalue weighted by atomic mass is 35.5. The van der Waals surface area contributed by atoms with E-state index in [0.29, 0.717) is 15.8 Å². The summed E-state index contributed by atoms with van der Waals surface area (Å²) in [5.41, 5.74) is 2.22. The van der Waals surface area contributed by atoms with Gasteiger partial charge in [-0.15, -0.1) is 21.5 Å². The fourth-order valence-corrected chi connectivity index (χ4v) is 3.91. The number of hydrogen-bond donors (Lipinski definition) is 1. The minimum atomic E-state index is -0.308. The number of rotatable bonds is 4. The van der Waals surface area contributed by atoms with E-state index in [9.17, 15) is 4.79 Å². The number of hydrogen-bond acceptors (Lipinski definition) is 6. The summed E-state index contributed by atoms with van der Waals surface area (Å²) in [4.78, 5) is 16.8. The third-order valence-electron chi connectivity index (χ3n) is 3.49. The van der Waals surface area contributed by atoms with Crippen molar-refractivity contribution in [1.82, 2.24) is 15.2 Å². The van der Waals surface area contributed by atoms with Gasteiger partial charge < -0.3 is 0 Å². The number of aromatic nitrogens is 3. The number of nitrogens with zero attached hydrogens (tertiary/aromatic N) is 3. The molecule has 0 aliphatic carbocycles. The second-order valence-corrected chi connectivity index (χ2v) is 7.55. The van der Waals surface area contributed by atoms with E-state index in [2.05, 4.69) is 20.5 Å². The lowest BCUT2D eigenvalue weighted by Crippen LogP contribution is -2.12. The first kappa shape index (κ1) is 16.8. The van der Waals surface area contributed by atoms with E-state index in [-0.39, 0.29) is 5.91 Å². The Hall–Kier alpha value is -2.61. The second kappa shape index (κ2) is 7.33. The van der Waals surface area contributed by atoms with Crippen LogP contribution in [0.4, 0.5) is 5.13 Å². The first-order chi connectivity index (χ1) is 12.7. The molecule has 0 radical (unpaired) electrons. The first-order valence-corrected chi connectivity index (χ1v) is 9.68. The summed E-state index contributed by atoms with van der Waals surface area (Å²) in [6.45, 7) is 0. The van der Waals surface area contributed by atoms with Crippen LogP contribution in [0.3, 0.4) is 0 Å². The van der Waals surface area contributed by atoms with Crippen LogP contribution in [0.5, 0.6) is 0 Å². The van der Waals surface area contributed by atoms with Gasteiger partial charge in [-0.1, -0.05) is 65.4 Å². The topological polar surface area (TPSA) is 67.8 Å². The Balaban J connectivity index is 1.49. The molecule has 0 aliphatic rings. The molecule has 4 aromatic rings. The van der Waals surface area contributed by atoms with Crippen molar-refractivity contribution >= 4 is 45.3 Å². The van der Waals surface area contributed by atoms with Crippen molar-refractivity contribution in [2.24, 2.45) is 0 Å². The normalized spacial score (nSPS) is 10.7. The fraction of sp³-hybridized carbons (Fsp3) is 0. The third-order valence-corrected chi connectivity index (χ3v) is 5.53. The van der Waals surface area contributed by atoms with Gasteiger partial charge in [0.2, 0.25) is 5.13 Å². The number of anilines is 1. The molecular weight excluding hydrogens is 388 g/mol. The number of carbonyl (C=O) groups is 1. The van der Waals surface area contributed by atoms with Gasteiger partial charge in [0.1, 0.15) is 15.7 Å². The van der Waals surface area contributed by atoms with Gasteiger partial charge in [0.05, 0.1) is 0 Å². The Morgan fingerprint density at radius 2 is 1.65 bits per heavy atom. The van der Waals surface area contributed by atoms with Gasteiger partial charge in [-0.05, 0) is 12.1 Å². The summed E-state index contributed by atoms with van der Waals surface area (Å²) in [6, 6.07) is 17.0. The van der Waals surface area contributed by atoms with E-state index in [0.717, 1.165) is 21.1 Å². The Labute approximate surface area is 162 Å². The molecule has 0 aliphatic heterocycles. The molecular formula is C18H11ClN4OS2. The molecule has 1 amide bonds. The molecule has 0 saturated heterocycles. The zero-order valence-electron chi connectivity index (χ0n) is 13.2. The maximum atomic E-state index is 12.4. The summed E-state index contributed by atoms with van der Waals surface area (Å²) in [7, 11) is 0. The molecule has 2 heterocycles. The SMILES string of the molecule is O=C(Nc1nnc(-c2ccccc2)s1)c1csc(-c2ccc(Cl)cc2)n1. The van der Waals surface area contributed by atoms with Crippen LogP contribution in [0, 0.1) is 0 Å². The van der Waals surface area contributed by atoms with Crippen LogP contribution in [0.2, 0.25) is 5.02 Å². The van der Waals surface area contributed by atoms with Crippen LogP contribution in [0.25, 0.3) is 21.1 Å². The lowest BCUT2D eigenvalue weighted by molar-refractivity contribution is 0.102. The summed E-state index contributed by atoms with van der Waals surface area (Å²) < 4.78 is 0. The Morgan fingerprint density at radius 1 is 0.923 bits per heavy atom. The summed E-state index contributed by atoms with van der Waals surface area (Å²) >= 11 is 8.62. The molecule has 5 nitrogen and oxygen atoms in total. The maximum absolute atomic E-state index is 12.4. The molecule has 128 valence electrons. The molecule has 2 aromatic heterocycles. The number of nitrogens with one attached hydrogen (secondary N) is 1. The van der Waals surface area contributed by atoms with Gasteiger partial charge in [-0.2, -0.15) is 0 Å². The van der Waals surface area contributed by atoms with Crippen LogP contribution < -0.4 is 5.32 Å². The van der Waals surface area contributed by atoms with Gasteiger partial charge in [0.25, 0.3) is 5.91 Å². The van der Waals surface area contributed by atoms with E-state index < -0.39 is 0 Å². The Kier molecular flexibility index (Phi) is 4.75. The smallest absolute Gasteiger partial charge is 0.276 e. The highest BCUT2D eigenvalue weighted by Crippen LogP contribution is 2.28. The van der Waals surface area contributed by atoms with Gasteiger partial charge in [-0.25, -0.2) is 4.98 Å². The van der Waals surface area contributed by atoms with E-state index in [1.165, 1.54) is 22.7 Å². The molecule has 2 aromatic carbocycles. The monoisotopic (exact) mass is 398 g/mol. The highest BCUT2D eigenvalue weighted by Gasteiger charge is 2.15. The molecule has 4 rings (SSSR count). The van der Waals surface area contributed by atoms with E-state index in [4.69, 9.17) is 11.6 Å². The second-order valence-electron chi connectivity index (χ2n) is 5.28. The average molecular weight is 399 g/mol. The minimum Gasteiger partial charge on any atom is -0.295 e. The van der Waals surface area contributed by atoms with Crippen molar-refractivity contribution in [1.29, 1.82) is 0 Å². The number of carbonyl (C=O) groups excluding carboxylic acids is 1. The van der Waals surface area contributed by atoms with Crippen molar-refractivity contribution in [3.8, 4) is 21.1 Å². The van der Waals surface area contributed by atoms with Gasteiger partial charge in [0.15, 0.2) is 0 Å². The number of amides is 1. The first-order valence-electron chi connectivity index (χ1n) is 7.61. The summed E-state index contributed by atoms with van der Waals surface area (Å²) in [5.74, 6) is -0.308. The lowest BCUT2D eigenvalue weighted by Gasteiger charge is -1.97. The Bertz CT molecular complexity index is 1040. The number of thiazole rings is 1. The lowest BCUT2D eigenvalue weighted by atomic mass is 10.2. The zero-order valence-corrected chi connectivity index (χ0v) is 15.6. The maximum Gasteiger partial charge on any atom is 0.276 e. The molecule has 0 unspecified atom stereocenters. The highest BCUT2D eigenvalue weighted by molar-refractivity contribution is 7.18. The van der Waals surface area contributed by atoms with Gasteiger partial charge >= 0.3 is 0 Å². The van der Waals surface area contributed by atoms with Crippen molar-refractivity contribution in [2.45, 2.75) is 0 Å².